The summed E-state index contributed by atoms with van der Waals surface area (Å²) in [4.78, 5) is 14.9. The zero-order valence-corrected chi connectivity index (χ0v) is 12.4. The van der Waals surface area contributed by atoms with Crippen molar-refractivity contribution < 1.29 is 17.5 Å². The quantitative estimate of drug-likeness (QED) is 0.838. The van der Waals surface area contributed by atoms with Gasteiger partial charge in [-0.25, -0.2) is 10.5 Å². The van der Waals surface area contributed by atoms with Crippen LogP contribution in [0.3, 0.4) is 0 Å². The molecular weight excluding hydrogens is 304 g/mol. The third-order valence-electron chi connectivity index (χ3n) is 3.12. The number of anilines is 1. The van der Waals surface area contributed by atoms with Gasteiger partial charge < -0.3 is 0 Å². The van der Waals surface area contributed by atoms with E-state index in [2.05, 4.69) is 10.5 Å². The first kappa shape index (κ1) is 14.4. The molecule has 6 nitrogen and oxygen atoms in total. The topological polar surface area (TPSA) is 84.8 Å². The second kappa shape index (κ2) is 5.36. The van der Waals surface area contributed by atoms with Crippen LogP contribution in [0.15, 0.2) is 52.4 Å². The summed E-state index contributed by atoms with van der Waals surface area (Å²) in [6.45, 7) is 1.93. The highest BCUT2D eigenvalue weighted by Gasteiger charge is 2.17. The molecule has 0 saturated heterocycles. The van der Waals surface area contributed by atoms with Gasteiger partial charge in [0.05, 0.1) is 15.9 Å². The Morgan fingerprint density at radius 2 is 1.82 bits per heavy atom. The van der Waals surface area contributed by atoms with Crippen molar-refractivity contribution in [3.63, 3.8) is 0 Å². The van der Waals surface area contributed by atoms with Crippen molar-refractivity contribution in [2.75, 3.05) is 5.48 Å². The number of benzene rings is 2. The molecule has 1 aliphatic rings. The van der Waals surface area contributed by atoms with Gasteiger partial charge in [0, 0.05) is 11.3 Å². The number of carbonyl (C=O) groups excluding carboxylic acids is 1. The van der Waals surface area contributed by atoms with Gasteiger partial charge in [-0.15, -0.1) is 4.28 Å². The highest BCUT2D eigenvalue weighted by molar-refractivity contribution is 7.86. The first-order chi connectivity index (χ1) is 10.4. The first-order valence-electron chi connectivity index (χ1n) is 6.45. The van der Waals surface area contributed by atoms with Crippen molar-refractivity contribution in [1.82, 2.24) is 0 Å². The highest BCUT2D eigenvalue weighted by Crippen LogP contribution is 2.13. The molecule has 22 heavy (non-hydrogen) atoms. The van der Waals surface area contributed by atoms with Crippen molar-refractivity contribution >= 4 is 27.8 Å². The van der Waals surface area contributed by atoms with Gasteiger partial charge in [-0.3, -0.25) is 4.79 Å². The van der Waals surface area contributed by atoms with Crippen LogP contribution in [0.25, 0.3) is 6.08 Å². The van der Waals surface area contributed by atoms with Crippen LogP contribution < -0.4 is 16.1 Å². The van der Waals surface area contributed by atoms with Gasteiger partial charge in [0.15, 0.2) is 0 Å². The van der Waals surface area contributed by atoms with Crippen LogP contribution >= 0.6 is 0 Å². The Bertz CT molecular complexity index is 964. The Labute approximate surface area is 126 Å². The first-order valence-corrected chi connectivity index (χ1v) is 7.85. The Kier molecular flexibility index (Phi) is 3.51. The van der Waals surface area contributed by atoms with E-state index < -0.39 is 16.0 Å². The van der Waals surface area contributed by atoms with E-state index in [1.807, 2.05) is 19.1 Å². The smallest absolute Gasteiger partial charge is 0.267 e. The van der Waals surface area contributed by atoms with Gasteiger partial charge in [0.25, 0.3) is 5.91 Å². The zero-order valence-electron chi connectivity index (χ0n) is 11.6. The number of hydrogen-bond acceptors (Lipinski definition) is 5. The number of nitrogens with one attached hydrogen (secondary N) is 1. The summed E-state index contributed by atoms with van der Waals surface area (Å²) < 4.78 is 29.1. The van der Waals surface area contributed by atoms with Crippen LogP contribution in [0.5, 0.6) is 0 Å². The van der Waals surface area contributed by atoms with Crippen LogP contribution in [-0.4, -0.2) is 14.3 Å². The molecule has 0 aromatic heterocycles. The minimum atomic E-state index is -3.99. The Balaban J connectivity index is 1.84. The summed E-state index contributed by atoms with van der Waals surface area (Å²) in [6.07, 6.45) is 1.28. The van der Waals surface area contributed by atoms with Crippen molar-refractivity contribution in [3.05, 3.63) is 58.6 Å². The van der Waals surface area contributed by atoms with E-state index in [9.17, 15) is 13.2 Å². The van der Waals surface area contributed by atoms with Crippen LogP contribution in [0, 0.1) is 6.92 Å². The molecule has 2 aromatic rings. The maximum Gasteiger partial charge on any atom is 0.317 e. The average Bonchev–Trinajstić information content (AvgIpc) is 2.86. The standard InChI is InChI=1S/C15H12N2O4S/c1-10-2-4-12(5-3-10)17-21-22(19,20)13-6-7-14-11(8-13)9-15(18)16-14/h2-9,17H,1H3. The van der Waals surface area contributed by atoms with E-state index in [0.29, 0.717) is 16.3 Å². The largest absolute Gasteiger partial charge is 0.317 e. The summed E-state index contributed by atoms with van der Waals surface area (Å²) in [6, 6.07) is 11.2. The van der Waals surface area contributed by atoms with Crippen molar-refractivity contribution in [3.8, 4) is 0 Å². The molecule has 7 heteroatoms. The number of hydrogen-bond donors (Lipinski definition) is 1. The van der Waals surface area contributed by atoms with Crippen LogP contribution in [0.1, 0.15) is 5.56 Å². The van der Waals surface area contributed by atoms with E-state index in [0.717, 1.165) is 5.56 Å². The van der Waals surface area contributed by atoms with Crippen LogP contribution in [0.4, 0.5) is 5.69 Å². The van der Waals surface area contributed by atoms with Gasteiger partial charge in [0.1, 0.15) is 0 Å². The number of amides is 1. The summed E-state index contributed by atoms with van der Waals surface area (Å²) in [5.41, 5.74) is 3.97. The fourth-order valence-electron chi connectivity index (χ4n) is 1.96. The van der Waals surface area contributed by atoms with Gasteiger partial charge >= 0.3 is 10.1 Å². The molecule has 0 unspecified atom stereocenters. The minimum absolute atomic E-state index is 0.0491. The molecule has 1 amide bonds. The second-order valence-corrected chi connectivity index (χ2v) is 6.37. The predicted octanol–water partition coefficient (Wildman–Crippen LogP) is 0.668. The molecule has 0 radical (unpaired) electrons. The minimum Gasteiger partial charge on any atom is -0.267 e. The lowest BCUT2D eigenvalue weighted by atomic mass is 10.2. The summed E-state index contributed by atoms with van der Waals surface area (Å²) >= 11 is 0. The van der Waals surface area contributed by atoms with E-state index >= 15 is 0 Å². The van der Waals surface area contributed by atoms with E-state index in [1.54, 1.807) is 12.1 Å². The predicted molar refractivity (Wildman–Crippen MR) is 79.8 cm³/mol. The molecule has 0 aliphatic carbocycles. The number of nitrogens with zero attached hydrogens (tertiary/aromatic N) is 1. The maximum absolute atomic E-state index is 12.1. The number of fused-ring (bicyclic) bond motifs is 1. The van der Waals surface area contributed by atoms with Gasteiger partial charge in [-0.2, -0.15) is 8.42 Å². The molecular formula is C15H12N2O4S. The normalized spacial score (nSPS) is 13.2. The maximum atomic E-state index is 12.1. The third-order valence-corrected chi connectivity index (χ3v) is 4.25. The molecule has 1 heterocycles. The van der Waals surface area contributed by atoms with Crippen LogP contribution in [0.2, 0.25) is 0 Å². The monoisotopic (exact) mass is 316 g/mol. The molecule has 1 N–H and O–H groups in total. The van der Waals surface area contributed by atoms with Crippen molar-refractivity contribution in [2.45, 2.75) is 11.8 Å². The fourth-order valence-corrected chi connectivity index (χ4v) is 2.77. The molecule has 0 atom stereocenters. The molecule has 112 valence electrons. The SMILES string of the molecule is Cc1ccc(NOS(=O)(=O)c2ccc3c(c2)=CC(=O)N=3)cc1. The average molecular weight is 316 g/mol. The molecule has 0 bridgehead atoms. The molecule has 0 saturated carbocycles. The van der Waals surface area contributed by atoms with E-state index in [1.165, 1.54) is 24.3 Å². The molecule has 3 rings (SSSR count). The third kappa shape index (κ3) is 2.90. The number of carbonyl (C=O) groups is 1. The zero-order chi connectivity index (χ0) is 15.7. The lowest BCUT2D eigenvalue weighted by molar-refractivity contribution is -0.112. The van der Waals surface area contributed by atoms with Gasteiger partial charge in [-0.1, -0.05) is 17.7 Å². The lowest BCUT2D eigenvalue weighted by Gasteiger charge is -2.07. The lowest BCUT2D eigenvalue weighted by Crippen LogP contribution is -2.23. The summed E-state index contributed by atoms with van der Waals surface area (Å²) in [5.74, 6) is -0.400. The van der Waals surface area contributed by atoms with Crippen LogP contribution in [-0.2, 0) is 19.2 Å². The molecule has 0 spiro atoms. The number of rotatable bonds is 4. The summed E-state index contributed by atoms with van der Waals surface area (Å²) in [7, 11) is -3.99. The Morgan fingerprint density at radius 3 is 2.55 bits per heavy atom. The number of aryl methyl sites for hydroxylation is 1. The van der Waals surface area contributed by atoms with Gasteiger partial charge in [-0.05, 0) is 37.3 Å². The molecule has 2 aromatic carbocycles. The Hall–Kier alpha value is -2.51. The fraction of sp³-hybridized carbons (Fsp3) is 0.0667. The van der Waals surface area contributed by atoms with Crippen molar-refractivity contribution in [2.24, 2.45) is 4.99 Å². The highest BCUT2D eigenvalue weighted by atomic mass is 32.2. The second-order valence-electron chi connectivity index (χ2n) is 4.82. The van der Waals surface area contributed by atoms with Gasteiger partial charge in [0.2, 0.25) is 0 Å². The molecule has 0 fully saturated rings. The van der Waals surface area contributed by atoms with E-state index in [-0.39, 0.29) is 4.90 Å². The molecule has 1 aliphatic heterocycles. The Morgan fingerprint density at radius 1 is 1.09 bits per heavy atom. The van der Waals surface area contributed by atoms with E-state index in [4.69, 9.17) is 4.28 Å². The van der Waals surface area contributed by atoms with Crippen molar-refractivity contribution in [1.29, 1.82) is 0 Å². The summed E-state index contributed by atoms with van der Waals surface area (Å²) in [5, 5.41) is 0.917.